The number of amides is 1. The molecule has 1 amide bonds. The van der Waals surface area contributed by atoms with Gasteiger partial charge in [-0.3, -0.25) is 4.79 Å². The zero-order valence-corrected chi connectivity index (χ0v) is 20.1. The zero-order chi connectivity index (χ0) is 24.4. The van der Waals surface area contributed by atoms with Crippen LogP contribution in [0.15, 0.2) is 42.5 Å². The van der Waals surface area contributed by atoms with Gasteiger partial charge in [0.2, 0.25) is 5.75 Å². The van der Waals surface area contributed by atoms with Crippen LogP contribution in [-0.4, -0.2) is 49.3 Å². The number of aryl methyl sites for hydroxylation is 1. The predicted molar refractivity (Wildman–Crippen MR) is 129 cm³/mol. The van der Waals surface area contributed by atoms with Gasteiger partial charge in [-0.25, -0.2) is 0 Å². The highest BCUT2D eigenvalue weighted by molar-refractivity contribution is 6.32. The van der Waals surface area contributed by atoms with Crippen LogP contribution in [0.4, 0.5) is 5.69 Å². The van der Waals surface area contributed by atoms with E-state index >= 15 is 0 Å². The summed E-state index contributed by atoms with van der Waals surface area (Å²) in [6, 6.07) is 12.1. The van der Waals surface area contributed by atoms with Gasteiger partial charge < -0.3 is 24.3 Å². The van der Waals surface area contributed by atoms with Crippen molar-refractivity contribution in [2.24, 2.45) is 0 Å². The average Bonchev–Trinajstić information content (AvgIpc) is 3.25. The molecule has 0 spiro atoms. The number of aromatic nitrogens is 3. The van der Waals surface area contributed by atoms with Gasteiger partial charge in [-0.2, -0.15) is 4.80 Å². The van der Waals surface area contributed by atoms with Gasteiger partial charge in [0.05, 0.1) is 39.1 Å². The molecule has 0 aliphatic carbocycles. The number of fused-ring (bicyclic) bond motifs is 1. The highest BCUT2D eigenvalue weighted by atomic mass is 35.5. The second-order valence-corrected chi connectivity index (χ2v) is 7.74. The van der Waals surface area contributed by atoms with E-state index in [4.69, 9.17) is 30.5 Å². The van der Waals surface area contributed by atoms with Gasteiger partial charge in [0.25, 0.3) is 5.91 Å². The summed E-state index contributed by atoms with van der Waals surface area (Å²) in [5.41, 5.74) is 3.75. The number of hydrogen-bond donors (Lipinski definition) is 1. The average molecular weight is 483 g/mol. The molecule has 0 radical (unpaired) electrons. The highest BCUT2D eigenvalue weighted by Gasteiger charge is 2.18. The number of nitrogens with zero attached hydrogens (tertiary/aromatic N) is 3. The molecule has 0 saturated carbocycles. The van der Waals surface area contributed by atoms with Crippen molar-refractivity contribution in [2.75, 3.05) is 33.8 Å². The van der Waals surface area contributed by atoms with Crippen molar-refractivity contribution in [1.82, 2.24) is 15.0 Å². The van der Waals surface area contributed by atoms with Crippen LogP contribution in [0.1, 0.15) is 15.9 Å². The number of hydrogen-bond acceptors (Lipinski definition) is 7. The Morgan fingerprint density at radius 2 is 1.47 bits per heavy atom. The summed E-state index contributed by atoms with van der Waals surface area (Å²) in [4.78, 5) is 14.5. The number of carbonyl (C=O) groups is 1. The van der Waals surface area contributed by atoms with Gasteiger partial charge in [0, 0.05) is 11.3 Å². The quantitative estimate of drug-likeness (QED) is 0.409. The number of nitrogens with one attached hydrogen (secondary N) is 1. The van der Waals surface area contributed by atoms with E-state index in [1.165, 1.54) is 26.1 Å². The first-order valence-electron chi connectivity index (χ1n) is 10.2. The van der Waals surface area contributed by atoms with Crippen molar-refractivity contribution < 1.29 is 23.7 Å². The lowest BCUT2D eigenvalue weighted by molar-refractivity contribution is 0.102. The van der Waals surface area contributed by atoms with Crippen LogP contribution in [-0.2, 0) is 0 Å². The molecule has 0 atom stereocenters. The number of anilines is 1. The van der Waals surface area contributed by atoms with E-state index in [0.717, 1.165) is 5.56 Å². The number of carbonyl (C=O) groups excluding carboxylic acids is 1. The number of benzene rings is 3. The third-order valence-corrected chi connectivity index (χ3v) is 5.56. The lowest BCUT2D eigenvalue weighted by Gasteiger charge is -2.14. The maximum Gasteiger partial charge on any atom is 0.255 e. The number of rotatable bonds is 7. The van der Waals surface area contributed by atoms with Crippen molar-refractivity contribution in [3.63, 3.8) is 0 Å². The summed E-state index contributed by atoms with van der Waals surface area (Å²) in [5, 5.41) is 12.4. The maximum absolute atomic E-state index is 13.0. The molecule has 0 aliphatic heterocycles. The zero-order valence-electron chi connectivity index (χ0n) is 19.3. The first-order valence-corrected chi connectivity index (χ1v) is 10.6. The van der Waals surface area contributed by atoms with E-state index in [0.29, 0.717) is 56.0 Å². The van der Waals surface area contributed by atoms with Crippen LogP contribution < -0.4 is 24.3 Å². The van der Waals surface area contributed by atoms with Gasteiger partial charge in [0.15, 0.2) is 11.5 Å². The van der Waals surface area contributed by atoms with Crippen LogP contribution in [0.5, 0.6) is 23.0 Å². The Morgan fingerprint density at radius 3 is 2.03 bits per heavy atom. The summed E-state index contributed by atoms with van der Waals surface area (Å²) in [5.74, 6) is 1.42. The van der Waals surface area contributed by atoms with Crippen molar-refractivity contribution >= 4 is 34.2 Å². The third-order valence-electron chi connectivity index (χ3n) is 5.27. The molecule has 10 heteroatoms. The fraction of sp³-hybridized carbons (Fsp3) is 0.208. The molecular formula is C24H23ClN4O5. The van der Waals surface area contributed by atoms with Crippen molar-refractivity contribution in [3.05, 3.63) is 58.6 Å². The largest absolute Gasteiger partial charge is 0.495 e. The first-order chi connectivity index (χ1) is 16.4. The topological polar surface area (TPSA) is 96.7 Å². The number of ether oxygens (including phenoxy) is 4. The first kappa shape index (κ1) is 23.2. The summed E-state index contributed by atoms with van der Waals surface area (Å²) < 4.78 is 21.2. The van der Waals surface area contributed by atoms with Crippen LogP contribution in [0.25, 0.3) is 16.7 Å². The molecule has 0 bridgehead atoms. The standard InChI is InChI=1S/C24H23ClN4O5/c1-13-8-18-19(28-29(27-18)15-6-7-20(31-2)16(25)11-15)12-17(13)26-24(30)14-9-21(32-3)23(34-5)22(10-14)33-4/h6-12H,1-5H3,(H,26,30). The van der Waals surface area contributed by atoms with Crippen molar-refractivity contribution in [1.29, 1.82) is 0 Å². The van der Waals surface area contributed by atoms with E-state index in [9.17, 15) is 4.79 Å². The normalized spacial score (nSPS) is 10.8. The molecule has 4 aromatic rings. The molecule has 4 rings (SSSR count). The Kier molecular flexibility index (Phi) is 6.47. The molecule has 3 aromatic carbocycles. The smallest absolute Gasteiger partial charge is 0.255 e. The molecule has 1 N–H and O–H groups in total. The molecule has 0 aliphatic rings. The summed E-state index contributed by atoms with van der Waals surface area (Å²) in [7, 11) is 6.05. The lowest BCUT2D eigenvalue weighted by atomic mass is 10.1. The van der Waals surface area contributed by atoms with E-state index in [1.54, 1.807) is 37.4 Å². The second-order valence-electron chi connectivity index (χ2n) is 7.33. The Bertz CT molecular complexity index is 1360. The SMILES string of the molecule is COc1ccc(-n2nc3cc(C)c(NC(=O)c4cc(OC)c(OC)c(OC)c4)cc3n2)cc1Cl. The van der Waals surface area contributed by atoms with Crippen molar-refractivity contribution in [3.8, 4) is 28.7 Å². The van der Waals surface area contributed by atoms with Crippen LogP contribution in [0.3, 0.4) is 0 Å². The summed E-state index contributed by atoms with van der Waals surface area (Å²) in [6.07, 6.45) is 0. The maximum atomic E-state index is 13.0. The van der Waals surface area contributed by atoms with E-state index < -0.39 is 0 Å². The van der Waals surface area contributed by atoms with Crippen LogP contribution in [0.2, 0.25) is 5.02 Å². The molecule has 176 valence electrons. The monoisotopic (exact) mass is 482 g/mol. The molecule has 0 saturated heterocycles. The molecule has 34 heavy (non-hydrogen) atoms. The van der Waals surface area contributed by atoms with Gasteiger partial charge in [-0.15, -0.1) is 10.2 Å². The Labute approximate surface area is 201 Å². The van der Waals surface area contributed by atoms with E-state index in [2.05, 4.69) is 15.5 Å². The minimum Gasteiger partial charge on any atom is -0.495 e. The predicted octanol–water partition coefficient (Wildman–Crippen LogP) is 4.67. The Morgan fingerprint density at radius 1 is 0.853 bits per heavy atom. The third kappa shape index (κ3) is 4.29. The second kappa shape index (κ2) is 9.48. The molecule has 1 aromatic heterocycles. The van der Waals surface area contributed by atoms with Crippen molar-refractivity contribution in [2.45, 2.75) is 6.92 Å². The molecule has 1 heterocycles. The lowest BCUT2D eigenvalue weighted by Crippen LogP contribution is -2.13. The van der Waals surface area contributed by atoms with Gasteiger partial charge >= 0.3 is 0 Å². The van der Waals surface area contributed by atoms with Gasteiger partial charge in [0.1, 0.15) is 16.8 Å². The van der Waals surface area contributed by atoms with E-state index in [1.807, 2.05) is 19.1 Å². The molecular weight excluding hydrogens is 460 g/mol. The van der Waals surface area contributed by atoms with Crippen LogP contribution >= 0.6 is 11.6 Å². The van der Waals surface area contributed by atoms with Crippen LogP contribution in [0, 0.1) is 6.92 Å². The minimum absolute atomic E-state index is 0.337. The fourth-order valence-electron chi connectivity index (χ4n) is 3.50. The Balaban J connectivity index is 1.66. The summed E-state index contributed by atoms with van der Waals surface area (Å²) in [6.45, 7) is 1.88. The van der Waals surface area contributed by atoms with Gasteiger partial charge in [-0.05, 0) is 55.0 Å². The number of methoxy groups -OCH3 is 4. The molecule has 9 nitrogen and oxygen atoms in total. The molecule has 0 unspecified atom stereocenters. The summed E-state index contributed by atoms with van der Waals surface area (Å²) >= 11 is 6.24. The fourth-order valence-corrected chi connectivity index (χ4v) is 3.76. The van der Waals surface area contributed by atoms with E-state index in [-0.39, 0.29) is 5.91 Å². The Hall–Kier alpha value is -3.98. The minimum atomic E-state index is -0.337. The van der Waals surface area contributed by atoms with Gasteiger partial charge in [-0.1, -0.05) is 11.6 Å². The highest BCUT2D eigenvalue weighted by Crippen LogP contribution is 2.38. The number of halogens is 1. The molecule has 0 fully saturated rings.